The van der Waals surface area contributed by atoms with Crippen LogP contribution in [0.4, 0.5) is 0 Å². The van der Waals surface area contributed by atoms with Crippen LogP contribution < -0.4 is 0 Å². The van der Waals surface area contributed by atoms with Gasteiger partial charge in [0.2, 0.25) is 0 Å². The Hall–Kier alpha value is 0.0300. The molecule has 0 fully saturated rings. The molecule has 1 unspecified atom stereocenters. The zero-order valence-electron chi connectivity index (χ0n) is 8.95. The van der Waals surface area contributed by atoms with E-state index in [-0.39, 0.29) is 4.83 Å². The first-order valence-corrected chi connectivity index (χ1v) is 7.95. The minimum atomic E-state index is 0.278. The summed E-state index contributed by atoms with van der Waals surface area (Å²) in [5.74, 6) is 0. The number of benzene rings is 1. The smallest absolute Gasteiger partial charge is 0.142 e. The monoisotopic (exact) mass is 394 g/mol. The normalized spacial score (nSPS) is 12.7. The second-order valence-corrected chi connectivity index (χ2v) is 6.85. The molecule has 2 aromatic rings. The summed E-state index contributed by atoms with van der Waals surface area (Å²) >= 11 is 14.6. The lowest BCUT2D eigenvalue weighted by molar-refractivity contribution is 0.870. The average molecular weight is 397 g/mol. The van der Waals surface area contributed by atoms with Gasteiger partial charge in [-0.1, -0.05) is 61.7 Å². The van der Waals surface area contributed by atoms with Crippen LogP contribution in [-0.4, -0.2) is 10.2 Å². The highest BCUT2D eigenvalue weighted by molar-refractivity contribution is 9.10. The molecular weight excluding hydrogens is 387 g/mol. The van der Waals surface area contributed by atoms with Gasteiger partial charge in [0.15, 0.2) is 0 Å². The van der Waals surface area contributed by atoms with Gasteiger partial charge in [-0.2, -0.15) is 0 Å². The van der Waals surface area contributed by atoms with Crippen LogP contribution in [0.3, 0.4) is 0 Å². The van der Waals surface area contributed by atoms with Crippen molar-refractivity contribution in [3.63, 3.8) is 0 Å². The van der Waals surface area contributed by atoms with E-state index in [4.69, 9.17) is 11.6 Å². The molecule has 1 aromatic carbocycles. The van der Waals surface area contributed by atoms with E-state index in [9.17, 15) is 0 Å². The Labute approximate surface area is 126 Å². The number of halogens is 3. The van der Waals surface area contributed by atoms with Gasteiger partial charge in [-0.05, 0) is 24.6 Å². The zero-order chi connectivity index (χ0) is 12.4. The minimum absolute atomic E-state index is 0.278. The third kappa shape index (κ3) is 3.08. The second kappa shape index (κ2) is 5.78. The molecule has 0 saturated heterocycles. The molecule has 0 aliphatic rings. The first-order chi connectivity index (χ1) is 8.11. The van der Waals surface area contributed by atoms with Crippen molar-refractivity contribution >= 4 is 54.8 Å². The standard InChI is InChI=1S/C11H9Br2ClN2S/c1-2-8(12)11-16-15-10(17-11)7-4-3-6(14)5-9(7)13/h3-5,8H,2H2,1H3. The third-order valence-corrected chi connectivity index (χ3v) is 5.57. The Morgan fingerprint density at radius 2 is 2.18 bits per heavy atom. The Bertz CT molecular complexity index is 530. The van der Waals surface area contributed by atoms with E-state index < -0.39 is 0 Å². The highest BCUT2D eigenvalue weighted by Crippen LogP contribution is 2.36. The van der Waals surface area contributed by atoms with Crippen molar-refractivity contribution in [3.05, 3.63) is 32.7 Å². The van der Waals surface area contributed by atoms with Crippen LogP contribution in [-0.2, 0) is 0 Å². The fourth-order valence-corrected chi connectivity index (χ4v) is 3.63. The van der Waals surface area contributed by atoms with Crippen molar-refractivity contribution < 1.29 is 0 Å². The summed E-state index contributed by atoms with van der Waals surface area (Å²) in [4.78, 5) is 0.278. The van der Waals surface area contributed by atoms with Crippen molar-refractivity contribution in [1.29, 1.82) is 0 Å². The molecule has 2 nitrogen and oxygen atoms in total. The summed E-state index contributed by atoms with van der Waals surface area (Å²) in [7, 11) is 0. The van der Waals surface area contributed by atoms with Gasteiger partial charge < -0.3 is 0 Å². The van der Waals surface area contributed by atoms with E-state index in [2.05, 4.69) is 49.0 Å². The topological polar surface area (TPSA) is 25.8 Å². The molecule has 90 valence electrons. The van der Waals surface area contributed by atoms with Crippen molar-refractivity contribution in [1.82, 2.24) is 10.2 Å². The van der Waals surface area contributed by atoms with E-state index in [1.54, 1.807) is 11.3 Å². The predicted molar refractivity (Wildman–Crippen MR) is 80.0 cm³/mol. The summed E-state index contributed by atoms with van der Waals surface area (Å²) in [6, 6.07) is 5.67. The summed E-state index contributed by atoms with van der Waals surface area (Å²) in [5.41, 5.74) is 1.02. The largest absolute Gasteiger partial charge is 0.148 e. The molecule has 0 radical (unpaired) electrons. The Balaban J connectivity index is 2.37. The van der Waals surface area contributed by atoms with Crippen molar-refractivity contribution in [2.45, 2.75) is 18.2 Å². The molecule has 1 atom stereocenters. The number of rotatable bonds is 3. The Kier molecular flexibility index (Phi) is 4.58. The SMILES string of the molecule is CCC(Br)c1nnc(-c2ccc(Cl)cc2Br)s1. The van der Waals surface area contributed by atoms with Crippen LogP contribution in [0.25, 0.3) is 10.6 Å². The highest BCUT2D eigenvalue weighted by Gasteiger charge is 2.14. The number of alkyl halides is 1. The van der Waals surface area contributed by atoms with Gasteiger partial charge >= 0.3 is 0 Å². The molecule has 0 aliphatic carbocycles. The second-order valence-electron chi connectivity index (χ2n) is 3.45. The van der Waals surface area contributed by atoms with Gasteiger partial charge in [0.25, 0.3) is 0 Å². The van der Waals surface area contributed by atoms with Gasteiger partial charge in [0, 0.05) is 15.1 Å². The summed E-state index contributed by atoms with van der Waals surface area (Å²) in [6.45, 7) is 2.11. The molecule has 0 bridgehead atoms. The number of aromatic nitrogens is 2. The van der Waals surface area contributed by atoms with Crippen LogP contribution in [0.5, 0.6) is 0 Å². The van der Waals surface area contributed by atoms with E-state index >= 15 is 0 Å². The molecular formula is C11H9Br2ClN2S. The molecule has 0 amide bonds. The highest BCUT2D eigenvalue weighted by atomic mass is 79.9. The summed E-state index contributed by atoms with van der Waals surface area (Å²) in [6.07, 6.45) is 0.996. The van der Waals surface area contributed by atoms with Crippen molar-refractivity contribution in [2.75, 3.05) is 0 Å². The molecule has 1 aromatic heterocycles. The number of hydrogen-bond acceptors (Lipinski definition) is 3. The molecule has 1 heterocycles. The van der Waals surface area contributed by atoms with Gasteiger partial charge in [-0.3, -0.25) is 0 Å². The first-order valence-electron chi connectivity index (χ1n) is 5.04. The van der Waals surface area contributed by atoms with Crippen LogP contribution in [0.1, 0.15) is 23.2 Å². The first kappa shape index (κ1) is 13.5. The zero-order valence-corrected chi connectivity index (χ0v) is 13.7. The van der Waals surface area contributed by atoms with E-state index in [0.29, 0.717) is 5.02 Å². The quantitative estimate of drug-likeness (QED) is 0.643. The molecule has 0 aliphatic heterocycles. The average Bonchev–Trinajstić information content (AvgIpc) is 2.77. The molecule has 0 spiro atoms. The molecule has 0 saturated carbocycles. The van der Waals surface area contributed by atoms with Gasteiger partial charge in [-0.15, -0.1) is 10.2 Å². The van der Waals surface area contributed by atoms with E-state index in [0.717, 1.165) is 26.5 Å². The van der Waals surface area contributed by atoms with Crippen molar-refractivity contribution in [3.8, 4) is 10.6 Å². The van der Waals surface area contributed by atoms with Gasteiger partial charge in [-0.25, -0.2) is 0 Å². The number of nitrogens with zero attached hydrogens (tertiary/aromatic N) is 2. The lowest BCUT2D eigenvalue weighted by atomic mass is 10.2. The summed E-state index contributed by atoms with van der Waals surface area (Å²) < 4.78 is 0.940. The lowest BCUT2D eigenvalue weighted by Gasteiger charge is -2.00. The maximum atomic E-state index is 5.91. The predicted octanol–water partition coefficient (Wildman–Crippen LogP) is 5.47. The molecule has 0 N–H and O–H groups in total. The molecule has 2 rings (SSSR count). The Morgan fingerprint density at radius 1 is 1.41 bits per heavy atom. The van der Waals surface area contributed by atoms with E-state index in [1.807, 2.05) is 18.2 Å². The van der Waals surface area contributed by atoms with Crippen LogP contribution in [0.15, 0.2) is 22.7 Å². The third-order valence-electron chi connectivity index (χ3n) is 2.23. The van der Waals surface area contributed by atoms with Crippen LogP contribution in [0, 0.1) is 0 Å². The van der Waals surface area contributed by atoms with E-state index in [1.165, 1.54) is 0 Å². The van der Waals surface area contributed by atoms with Crippen LogP contribution >= 0.6 is 54.8 Å². The maximum absolute atomic E-state index is 5.91. The fraction of sp³-hybridized carbons (Fsp3) is 0.273. The molecule has 6 heteroatoms. The van der Waals surface area contributed by atoms with Gasteiger partial charge in [0.05, 0.1) is 4.83 Å². The summed E-state index contributed by atoms with van der Waals surface area (Å²) in [5, 5.41) is 11.0. The van der Waals surface area contributed by atoms with Crippen molar-refractivity contribution in [2.24, 2.45) is 0 Å². The fourth-order valence-electron chi connectivity index (χ4n) is 1.31. The number of hydrogen-bond donors (Lipinski definition) is 0. The molecule has 17 heavy (non-hydrogen) atoms. The van der Waals surface area contributed by atoms with Crippen LogP contribution in [0.2, 0.25) is 5.02 Å². The van der Waals surface area contributed by atoms with Gasteiger partial charge in [0.1, 0.15) is 10.0 Å². The Morgan fingerprint density at radius 3 is 2.82 bits per heavy atom. The maximum Gasteiger partial charge on any atom is 0.148 e. The minimum Gasteiger partial charge on any atom is -0.142 e. The lowest BCUT2D eigenvalue weighted by Crippen LogP contribution is -1.84.